The van der Waals surface area contributed by atoms with Gasteiger partial charge in [-0.15, -0.1) is 0 Å². The van der Waals surface area contributed by atoms with E-state index >= 15 is 0 Å². The van der Waals surface area contributed by atoms with Crippen molar-refractivity contribution in [2.24, 2.45) is 0 Å². The molecule has 1 aromatic rings. The van der Waals surface area contributed by atoms with E-state index in [-0.39, 0.29) is 5.75 Å². The van der Waals surface area contributed by atoms with Crippen molar-refractivity contribution in [2.45, 2.75) is 0 Å². The summed E-state index contributed by atoms with van der Waals surface area (Å²) in [5.74, 6) is -1.48. The Morgan fingerprint density at radius 3 is 2.18 bits per heavy atom. The zero-order chi connectivity index (χ0) is 8.27. The molecule has 0 amide bonds. The molecule has 1 N–H and O–H groups in total. The standard InChI is InChI=1S/C7H6F2O2/c8-5-1-6(9)3-7(2-5)11-4-10/h1-3,10H,4H2. The molecule has 0 unspecified atom stereocenters. The third-order valence-electron chi connectivity index (χ3n) is 1.07. The van der Waals surface area contributed by atoms with E-state index in [1.807, 2.05) is 0 Å². The molecule has 0 aliphatic heterocycles. The zero-order valence-corrected chi connectivity index (χ0v) is 5.55. The number of hydrogen-bond acceptors (Lipinski definition) is 2. The summed E-state index contributed by atoms with van der Waals surface area (Å²) < 4.78 is 29.1. The van der Waals surface area contributed by atoms with Gasteiger partial charge in [0.25, 0.3) is 0 Å². The minimum Gasteiger partial charge on any atom is -0.468 e. The second kappa shape index (κ2) is 3.30. The molecule has 0 radical (unpaired) electrons. The van der Waals surface area contributed by atoms with Crippen LogP contribution in [-0.2, 0) is 0 Å². The summed E-state index contributed by atoms with van der Waals surface area (Å²) in [7, 11) is 0. The lowest BCUT2D eigenvalue weighted by molar-refractivity contribution is 0.0979. The highest BCUT2D eigenvalue weighted by atomic mass is 19.1. The Hall–Kier alpha value is -1.16. The van der Waals surface area contributed by atoms with Crippen molar-refractivity contribution in [3.8, 4) is 5.75 Å². The van der Waals surface area contributed by atoms with Crippen LogP contribution in [0.1, 0.15) is 0 Å². The third kappa shape index (κ3) is 2.16. The molecule has 0 heterocycles. The van der Waals surface area contributed by atoms with E-state index in [9.17, 15) is 8.78 Å². The number of benzene rings is 1. The number of halogens is 2. The molecule has 0 spiro atoms. The molecule has 0 aliphatic carbocycles. The Morgan fingerprint density at radius 1 is 1.18 bits per heavy atom. The van der Waals surface area contributed by atoms with Gasteiger partial charge < -0.3 is 9.84 Å². The van der Waals surface area contributed by atoms with Gasteiger partial charge in [0.15, 0.2) is 6.79 Å². The summed E-state index contributed by atoms with van der Waals surface area (Å²) in [6.07, 6.45) is 0. The lowest BCUT2D eigenvalue weighted by Gasteiger charge is -2.00. The first-order chi connectivity index (χ1) is 5.22. The van der Waals surface area contributed by atoms with Crippen LogP contribution < -0.4 is 4.74 Å². The van der Waals surface area contributed by atoms with Gasteiger partial charge in [-0.3, -0.25) is 0 Å². The zero-order valence-electron chi connectivity index (χ0n) is 5.55. The molecule has 0 bridgehead atoms. The van der Waals surface area contributed by atoms with Crippen LogP contribution in [0.15, 0.2) is 18.2 Å². The lowest BCUT2D eigenvalue weighted by Crippen LogP contribution is -1.95. The van der Waals surface area contributed by atoms with Gasteiger partial charge in [-0.25, -0.2) is 8.78 Å². The van der Waals surface area contributed by atoms with Gasteiger partial charge in [0.05, 0.1) is 0 Å². The van der Waals surface area contributed by atoms with Crippen LogP contribution in [0.2, 0.25) is 0 Å². The van der Waals surface area contributed by atoms with Crippen LogP contribution in [0.3, 0.4) is 0 Å². The summed E-state index contributed by atoms with van der Waals surface area (Å²) in [4.78, 5) is 0. The first kappa shape index (κ1) is 7.94. The van der Waals surface area contributed by atoms with Gasteiger partial charge in [0.2, 0.25) is 0 Å². The Kier molecular flexibility index (Phi) is 2.38. The molecule has 0 aliphatic rings. The van der Waals surface area contributed by atoms with E-state index in [1.165, 1.54) is 0 Å². The fraction of sp³-hybridized carbons (Fsp3) is 0.143. The summed E-state index contributed by atoms with van der Waals surface area (Å²) in [5.41, 5.74) is 0. The molecule has 0 saturated heterocycles. The van der Waals surface area contributed by atoms with Crippen LogP contribution in [0.25, 0.3) is 0 Å². The molecule has 2 nitrogen and oxygen atoms in total. The smallest absolute Gasteiger partial charge is 0.186 e. The maximum absolute atomic E-state index is 12.3. The molecular weight excluding hydrogens is 154 g/mol. The number of hydrogen-bond donors (Lipinski definition) is 1. The number of ether oxygens (including phenoxy) is 1. The van der Waals surface area contributed by atoms with Gasteiger partial charge in [-0.05, 0) is 0 Å². The fourth-order valence-corrected chi connectivity index (χ4v) is 0.686. The minimum absolute atomic E-state index is 0.0231. The van der Waals surface area contributed by atoms with E-state index in [1.54, 1.807) is 0 Å². The van der Waals surface area contributed by atoms with Crippen molar-refractivity contribution in [1.82, 2.24) is 0 Å². The van der Waals surface area contributed by atoms with Gasteiger partial charge in [0.1, 0.15) is 17.4 Å². The van der Waals surface area contributed by atoms with E-state index in [4.69, 9.17) is 5.11 Å². The van der Waals surface area contributed by atoms with Crippen molar-refractivity contribution in [1.29, 1.82) is 0 Å². The quantitative estimate of drug-likeness (QED) is 0.660. The van der Waals surface area contributed by atoms with Crippen LogP contribution in [0.5, 0.6) is 5.75 Å². The average molecular weight is 160 g/mol. The van der Waals surface area contributed by atoms with E-state index in [0.717, 1.165) is 18.2 Å². The van der Waals surface area contributed by atoms with Crippen LogP contribution in [0, 0.1) is 11.6 Å². The summed E-state index contributed by atoms with van der Waals surface area (Å²) >= 11 is 0. The minimum atomic E-state index is -0.728. The molecule has 60 valence electrons. The van der Waals surface area contributed by atoms with Crippen molar-refractivity contribution < 1.29 is 18.6 Å². The van der Waals surface area contributed by atoms with Crippen LogP contribution in [0.4, 0.5) is 8.78 Å². The third-order valence-corrected chi connectivity index (χ3v) is 1.07. The largest absolute Gasteiger partial charge is 0.468 e. The van der Waals surface area contributed by atoms with Crippen molar-refractivity contribution in [3.05, 3.63) is 29.8 Å². The Balaban J connectivity index is 2.89. The molecule has 0 atom stereocenters. The summed E-state index contributed by atoms with van der Waals surface area (Å²) in [5, 5.41) is 8.23. The van der Waals surface area contributed by atoms with E-state index in [0.29, 0.717) is 0 Å². The van der Waals surface area contributed by atoms with Gasteiger partial charge >= 0.3 is 0 Å². The van der Waals surface area contributed by atoms with Gasteiger partial charge in [0, 0.05) is 18.2 Å². The molecule has 0 saturated carbocycles. The second-order valence-corrected chi connectivity index (χ2v) is 1.88. The molecule has 1 rings (SSSR count). The van der Waals surface area contributed by atoms with Gasteiger partial charge in [-0.2, -0.15) is 0 Å². The molecular formula is C7H6F2O2. The predicted molar refractivity (Wildman–Crippen MR) is 34.1 cm³/mol. The first-order valence-corrected chi connectivity index (χ1v) is 2.92. The second-order valence-electron chi connectivity index (χ2n) is 1.88. The predicted octanol–water partition coefficient (Wildman–Crippen LogP) is 1.29. The Bertz CT molecular complexity index is 230. The number of rotatable bonds is 2. The van der Waals surface area contributed by atoms with Crippen molar-refractivity contribution >= 4 is 0 Å². The average Bonchev–Trinajstić information content (AvgIpc) is 1.85. The van der Waals surface area contributed by atoms with Crippen LogP contribution in [-0.4, -0.2) is 11.9 Å². The Labute approximate surface area is 62.0 Å². The van der Waals surface area contributed by atoms with Crippen molar-refractivity contribution in [2.75, 3.05) is 6.79 Å². The molecule has 11 heavy (non-hydrogen) atoms. The highest BCUT2D eigenvalue weighted by Crippen LogP contribution is 2.14. The topological polar surface area (TPSA) is 29.5 Å². The van der Waals surface area contributed by atoms with E-state index < -0.39 is 18.4 Å². The maximum Gasteiger partial charge on any atom is 0.186 e. The highest BCUT2D eigenvalue weighted by molar-refractivity contribution is 5.23. The SMILES string of the molecule is OCOc1cc(F)cc(F)c1. The number of aliphatic hydroxyl groups is 1. The fourth-order valence-electron chi connectivity index (χ4n) is 0.686. The maximum atomic E-state index is 12.3. The molecule has 4 heteroatoms. The monoisotopic (exact) mass is 160 g/mol. The van der Waals surface area contributed by atoms with Crippen LogP contribution >= 0.6 is 0 Å². The Morgan fingerprint density at radius 2 is 1.73 bits per heavy atom. The molecule has 1 aromatic carbocycles. The lowest BCUT2D eigenvalue weighted by atomic mass is 10.3. The normalized spacial score (nSPS) is 9.73. The molecule has 0 aromatic heterocycles. The summed E-state index contributed by atoms with van der Waals surface area (Å²) in [6, 6.07) is 2.70. The van der Waals surface area contributed by atoms with Gasteiger partial charge in [-0.1, -0.05) is 0 Å². The van der Waals surface area contributed by atoms with E-state index in [2.05, 4.69) is 4.74 Å². The number of aliphatic hydroxyl groups excluding tert-OH is 1. The highest BCUT2D eigenvalue weighted by Gasteiger charge is 1.99. The first-order valence-electron chi connectivity index (χ1n) is 2.92. The summed E-state index contributed by atoms with van der Waals surface area (Å²) in [6.45, 7) is -0.594. The van der Waals surface area contributed by atoms with Crippen molar-refractivity contribution in [3.63, 3.8) is 0 Å². The molecule has 0 fully saturated rings.